The van der Waals surface area contributed by atoms with E-state index >= 15 is 0 Å². The van der Waals surface area contributed by atoms with Crippen molar-refractivity contribution in [3.05, 3.63) is 34.3 Å². The molecular formula is C14H19BrO. The minimum Gasteiger partial charge on any atom is -0.385 e. The maximum absolute atomic E-state index is 10.7. The van der Waals surface area contributed by atoms with Crippen LogP contribution in [0.1, 0.15) is 44.6 Å². The van der Waals surface area contributed by atoms with Crippen LogP contribution in [0.2, 0.25) is 0 Å². The van der Waals surface area contributed by atoms with E-state index in [9.17, 15) is 5.11 Å². The summed E-state index contributed by atoms with van der Waals surface area (Å²) in [5.74, 6) is 0.812. The first-order valence-corrected chi connectivity index (χ1v) is 6.92. The van der Waals surface area contributed by atoms with Crippen LogP contribution in [0.15, 0.2) is 28.7 Å². The summed E-state index contributed by atoms with van der Waals surface area (Å²) in [6, 6.07) is 8.09. The van der Waals surface area contributed by atoms with Crippen molar-refractivity contribution < 1.29 is 5.11 Å². The van der Waals surface area contributed by atoms with Gasteiger partial charge in [0.05, 0.1) is 5.60 Å². The molecule has 0 bridgehead atoms. The molecule has 0 radical (unpaired) electrons. The maximum atomic E-state index is 10.7. The summed E-state index contributed by atoms with van der Waals surface area (Å²) < 4.78 is 1.05. The van der Waals surface area contributed by atoms with Crippen LogP contribution in [-0.2, 0) is 5.60 Å². The fourth-order valence-corrected chi connectivity index (χ4v) is 3.03. The van der Waals surface area contributed by atoms with E-state index in [-0.39, 0.29) is 0 Å². The largest absolute Gasteiger partial charge is 0.385 e. The Kier molecular flexibility index (Phi) is 3.70. The third kappa shape index (κ3) is 2.49. The van der Waals surface area contributed by atoms with Gasteiger partial charge in [-0.1, -0.05) is 41.4 Å². The number of halogens is 1. The molecule has 1 aromatic carbocycles. The highest BCUT2D eigenvalue weighted by Crippen LogP contribution is 2.40. The molecule has 16 heavy (non-hydrogen) atoms. The smallest absolute Gasteiger partial charge is 0.0897 e. The Bertz CT molecular complexity index is 354. The molecule has 0 unspecified atom stereocenters. The molecule has 0 heterocycles. The first kappa shape index (κ1) is 12.1. The van der Waals surface area contributed by atoms with Gasteiger partial charge in [0, 0.05) is 4.47 Å². The molecule has 0 spiro atoms. The second kappa shape index (κ2) is 4.89. The van der Waals surface area contributed by atoms with Gasteiger partial charge in [0.2, 0.25) is 0 Å². The topological polar surface area (TPSA) is 20.2 Å². The lowest BCUT2D eigenvalue weighted by Gasteiger charge is -2.36. The minimum absolute atomic E-state index is 0.588. The van der Waals surface area contributed by atoms with E-state index in [1.54, 1.807) is 0 Å². The molecule has 1 N–H and O–H groups in total. The van der Waals surface area contributed by atoms with Gasteiger partial charge in [-0.15, -0.1) is 0 Å². The maximum Gasteiger partial charge on any atom is 0.0897 e. The Labute approximate surface area is 106 Å². The molecule has 1 nitrogen and oxygen atoms in total. The molecule has 0 aliphatic heterocycles. The molecule has 0 atom stereocenters. The highest BCUT2D eigenvalue weighted by Gasteiger charge is 2.34. The molecule has 1 aromatic rings. The van der Waals surface area contributed by atoms with Gasteiger partial charge in [-0.3, -0.25) is 0 Å². The van der Waals surface area contributed by atoms with Crippen molar-refractivity contribution in [2.45, 2.75) is 44.6 Å². The second-order valence-electron chi connectivity index (χ2n) is 4.89. The summed E-state index contributed by atoms with van der Waals surface area (Å²) in [6.45, 7) is 2.24. The van der Waals surface area contributed by atoms with Gasteiger partial charge in [-0.2, -0.15) is 0 Å². The first-order valence-electron chi connectivity index (χ1n) is 6.12. The number of rotatable bonds is 2. The monoisotopic (exact) mass is 282 g/mol. The summed E-state index contributed by atoms with van der Waals surface area (Å²) in [5, 5.41) is 10.7. The van der Waals surface area contributed by atoms with Crippen LogP contribution in [0.5, 0.6) is 0 Å². The second-order valence-corrected chi connectivity index (χ2v) is 5.81. The van der Waals surface area contributed by atoms with Crippen LogP contribution in [0, 0.1) is 5.92 Å². The third-order valence-corrected chi connectivity index (χ3v) is 4.36. The fourth-order valence-electron chi connectivity index (χ4n) is 2.63. The zero-order valence-corrected chi connectivity index (χ0v) is 11.3. The molecule has 1 aliphatic rings. The molecule has 1 fully saturated rings. The molecule has 0 saturated heterocycles. The molecule has 2 rings (SSSR count). The van der Waals surface area contributed by atoms with Crippen molar-refractivity contribution in [1.29, 1.82) is 0 Å². The minimum atomic E-state index is -0.588. The van der Waals surface area contributed by atoms with Crippen molar-refractivity contribution in [3.8, 4) is 0 Å². The van der Waals surface area contributed by atoms with Crippen molar-refractivity contribution in [2.75, 3.05) is 0 Å². The fraction of sp³-hybridized carbons (Fsp3) is 0.571. The number of hydrogen-bond acceptors (Lipinski definition) is 1. The number of hydrogen-bond donors (Lipinski definition) is 1. The van der Waals surface area contributed by atoms with Gasteiger partial charge >= 0.3 is 0 Å². The van der Waals surface area contributed by atoms with Crippen molar-refractivity contribution in [3.63, 3.8) is 0 Å². The van der Waals surface area contributed by atoms with E-state index < -0.39 is 5.60 Å². The Balaban J connectivity index is 2.15. The summed E-state index contributed by atoms with van der Waals surface area (Å²) in [6.07, 6.45) is 5.36. The van der Waals surface area contributed by atoms with Gasteiger partial charge in [-0.05, 0) is 49.3 Å². The van der Waals surface area contributed by atoms with Gasteiger partial charge in [0.15, 0.2) is 0 Å². The molecule has 88 valence electrons. The average Bonchev–Trinajstić information content (AvgIpc) is 2.30. The summed E-state index contributed by atoms with van der Waals surface area (Å²) in [4.78, 5) is 0. The molecule has 1 saturated carbocycles. The van der Waals surface area contributed by atoms with Crippen LogP contribution in [0.4, 0.5) is 0 Å². The zero-order chi connectivity index (χ0) is 11.6. The standard InChI is InChI=1S/C14H19BrO/c1-2-11-6-8-14(16,9-7-11)12-4-3-5-13(15)10-12/h3-5,10-11,16H,2,6-9H2,1H3. The quantitative estimate of drug-likeness (QED) is 0.860. The highest BCUT2D eigenvalue weighted by molar-refractivity contribution is 9.10. The number of aliphatic hydroxyl groups is 1. The predicted octanol–water partition coefficient (Wildman–Crippen LogP) is 4.24. The molecule has 0 amide bonds. The van der Waals surface area contributed by atoms with Crippen LogP contribution >= 0.6 is 15.9 Å². The number of benzene rings is 1. The van der Waals surface area contributed by atoms with E-state index in [0.717, 1.165) is 41.6 Å². The van der Waals surface area contributed by atoms with Crippen molar-refractivity contribution in [2.24, 2.45) is 5.92 Å². The summed E-state index contributed by atoms with van der Waals surface area (Å²) in [7, 11) is 0. The molecular weight excluding hydrogens is 264 g/mol. The highest BCUT2D eigenvalue weighted by atomic mass is 79.9. The van der Waals surface area contributed by atoms with E-state index in [2.05, 4.69) is 22.9 Å². The van der Waals surface area contributed by atoms with Crippen molar-refractivity contribution in [1.82, 2.24) is 0 Å². The van der Waals surface area contributed by atoms with E-state index in [1.807, 2.05) is 24.3 Å². The van der Waals surface area contributed by atoms with E-state index in [1.165, 1.54) is 6.42 Å². The van der Waals surface area contributed by atoms with Gasteiger partial charge in [0.1, 0.15) is 0 Å². The Morgan fingerprint density at radius 3 is 2.62 bits per heavy atom. The predicted molar refractivity (Wildman–Crippen MR) is 70.3 cm³/mol. The molecule has 1 aliphatic carbocycles. The molecule has 2 heteroatoms. The van der Waals surface area contributed by atoms with E-state index in [0.29, 0.717) is 0 Å². The van der Waals surface area contributed by atoms with Crippen LogP contribution < -0.4 is 0 Å². The van der Waals surface area contributed by atoms with E-state index in [4.69, 9.17) is 0 Å². The van der Waals surface area contributed by atoms with Crippen LogP contribution in [-0.4, -0.2) is 5.11 Å². The lowest BCUT2D eigenvalue weighted by Crippen LogP contribution is -2.31. The lowest BCUT2D eigenvalue weighted by atomic mass is 9.74. The Morgan fingerprint density at radius 2 is 2.06 bits per heavy atom. The van der Waals surface area contributed by atoms with Gasteiger partial charge in [0.25, 0.3) is 0 Å². The normalized spacial score (nSPS) is 30.3. The average molecular weight is 283 g/mol. The summed E-state index contributed by atoms with van der Waals surface area (Å²) in [5.41, 5.74) is 0.478. The SMILES string of the molecule is CCC1CCC(O)(c2cccc(Br)c2)CC1. The van der Waals surface area contributed by atoms with Gasteiger partial charge in [-0.25, -0.2) is 0 Å². The Hall–Kier alpha value is -0.340. The third-order valence-electron chi connectivity index (χ3n) is 3.87. The first-order chi connectivity index (χ1) is 7.64. The summed E-state index contributed by atoms with van der Waals surface area (Å²) >= 11 is 3.47. The lowest BCUT2D eigenvalue weighted by molar-refractivity contribution is -0.0146. The van der Waals surface area contributed by atoms with Crippen LogP contribution in [0.3, 0.4) is 0 Å². The van der Waals surface area contributed by atoms with Gasteiger partial charge < -0.3 is 5.11 Å². The Morgan fingerprint density at radius 1 is 1.38 bits per heavy atom. The van der Waals surface area contributed by atoms with Crippen LogP contribution in [0.25, 0.3) is 0 Å². The zero-order valence-electron chi connectivity index (χ0n) is 9.75. The molecule has 0 aromatic heterocycles. The van der Waals surface area contributed by atoms with Crippen molar-refractivity contribution >= 4 is 15.9 Å².